The third-order valence-electron chi connectivity index (χ3n) is 2.89. The quantitative estimate of drug-likeness (QED) is 0.396. The number of carbonyl (C=O) groups is 2. The van der Waals surface area contributed by atoms with Crippen LogP contribution in [0.3, 0.4) is 0 Å². The molecule has 0 aliphatic carbocycles. The summed E-state index contributed by atoms with van der Waals surface area (Å²) in [6.07, 6.45) is 0.0792. The van der Waals surface area contributed by atoms with Crippen molar-refractivity contribution in [3.8, 4) is 5.75 Å². The van der Waals surface area contributed by atoms with Crippen molar-refractivity contribution in [3.05, 3.63) is 64.2 Å². The molecule has 23 heavy (non-hydrogen) atoms. The number of hydrogen-bond acceptors (Lipinski definition) is 5. The molecule has 2 aromatic rings. The number of nitro benzene ring substituents is 1. The van der Waals surface area contributed by atoms with Crippen LogP contribution in [0.5, 0.6) is 5.75 Å². The fraction of sp³-hybridized carbons (Fsp3) is 0.125. The lowest BCUT2D eigenvalue weighted by atomic mass is 10.1. The zero-order chi connectivity index (χ0) is 16.8. The molecular formula is C16H14N2O5. The van der Waals surface area contributed by atoms with Crippen molar-refractivity contribution in [2.24, 2.45) is 0 Å². The number of ether oxygens (including phenoxy) is 1. The highest BCUT2D eigenvalue weighted by Gasteiger charge is 2.08. The fourth-order valence-corrected chi connectivity index (χ4v) is 1.93. The minimum absolute atomic E-state index is 0.0248. The van der Waals surface area contributed by atoms with Gasteiger partial charge in [0, 0.05) is 30.8 Å². The molecule has 0 heterocycles. The number of amides is 1. The molecule has 7 nitrogen and oxygen atoms in total. The van der Waals surface area contributed by atoms with E-state index in [0.717, 1.165) is 0 Å². The first-order valence-corrected chi connectivity index (χ1v) is 6.76. The second kappa shape index (κ2) is 7.17. The topological polar surface area (TPSA) is 98.5 Å². The summed E-state index contributed by atoms with van der Waals surface area (Å²) in [6.45, 7) is 1.29. The Hall–Kier alpha value is -3.22. The number of nitrogens with one attached hydrogen (secondary N) is 1. The molecule has 0 saturated carbocycles. The van der Waals surface area contributed by atoms with E-state index in [0.29, 0.717) is 17.0 Å². The number of nitrogens with zero attached hydrogens (tertiary/aromatic N) is 1. The zero-order valence-corrected chi connectivity index (χ0v) is 12.3. The van der Waals surface area contributed by atoms with E-state index >= 15 is 0 Å². The van der Waals surface area contributed by atoms with Crippen molar-refractivity contribution in [1.29, 1.82) is 0 Å². The maximum absolute atomic E-state index is 12.0. The number of benzene rings is 2. The molecule has 0 saturated heterocycles. The first-order valence-electron chi connectivity index (χ1n) is 6.76. The number of esters is 1. The summed E-state index contributed by atoms with van der Waals surface area (Å²) < 4.78 is 4.94. The summed E-state index contributed by atoms with van der Waals surface area (Å²) >= 11 is 0. The molecule has 2 rings (SSSR count). The maximum Gasteiger partial charge on any atom is 0.308 e. The number of hydrogen-bond donors (Lipinski definition) is 1. The van der Waals surface area contributed by atoms with Gasteiger partial charge in [-0.2, -0.15) is 0 Å². The van der Waals surface area contributed by atoms with Gasteiger partial charge >= 0.3 is 5.97 Å². The van der Waals surface area contributed by atoms with Crippen LogP contribution in [0.25, 0.3) is 0 Å². The molecule has 1 N–H and O–H groups in total. The van der Waals surface area contributed by atoms with E-state index in [-0.39, 0.29) is 18.0 Å². The van der Waals surface area contributed by atoms with Crippen LogP contribution < -0.4 is 10.1 Å². The number of nitro groups is 1. The molecular weight excluding hydrogens is 300 g/mol. The van der Waals surface area contributed by atoms with E-state index in [1.807, 2.05) is 0 Å². The second-order valence-electron chi connectivity index (χ2n) is 4.77. The standard InChI is InChI=1S/C16H14N2O5/c1-11(19)23-15-4-2-3-13(10-15)17-16(20)9-12-5-7-14(8-6-12)18(21)22/h2-8,10H,9H2,1H3,(H,17,20). The predicted octanol–water partition coefficient (Wildman–Crippen LogP) is 2.70. The van der Waals surface area contributed by atoms with Gasteiger partial charge in [-0.25, -0.2) is 0 Å². The largest absolute Gasteiger partial charge is 0.427 e. The van der Waals surface area contributed by atoms with Crippen molar-refractivity contribution in [2.45, 2.75) is 13.3 Å². The van der Waals surface area contributed by atoms with Crippen molar-refractivity contribution >= 4 is 23.3 Å². The van der Waals surface area contributed by atoms with Crippen LogP contribution in [-0.2, 0) is 16.0 Å². The normalized spacial score (nSPS) is 9.96. The SMILES string of the molecule is CC(=O)Oc1cccc(NC(=O)Cc2ccc([N+](=O)[O-])cc2)c1. The highest BCUT2D eigenvalue weighted by Crippen LogP contribution is 2.18. The third-order valence-corrected chi connectivity index (χ3v) is 2.89. The first kappa shape index (κ1) is 16.2. The van der Waals surface area contributed by atoms with E-state index in [1.165, 1.54) is 37.3 Å². The van der Waals surface area contributed by atoms with Crippen LogP contribution in [-0.4, -0.2) is 16.8 Å². The highest BCUT2D eigenvalue weighted by molar-refractivity contribution is 5.92. The average molecular weight is 314 g/mol. The molecule has 7 heteroatoms. The maximum atomic E-state index is 12.0. The Bertz CT molecular complexity index is 740. The average Bonchev–Trinajstić information content (AvgIpc) is 2.47. The Labute approximate surface area is 132 Å². The minimum Gasteiger partial charge on any atom is -0.427 e. The van der Waals surface area contributed by atoms with Crippen molar-refractivity contribution in [2.75, 3.05) is 5.32 Å². The number of rotatable bonds is 5. The summed E-state index contributed by atoms with van der Waals surface area (Å²) in [5, 5.41) is 13.3. The molecule has 118 valence electrons. The number of non-ortho nitro benzene ring substituents is 1. The number of anilines is 1. The summed E-state index contributed by atoms with van der Waals surface area (Å²) in [7, 11) is 0. The van der Waals surface area contributed by atoms with E-state index in [4.69, 9.17) is 4.74 Å². The smallest absolute Gasteiger partial charge is 0.308 e. The van der Waals surface area contributed by atoms with Gasteiger partial charge in [0.1, 0.15) is 5.75 Å². The van der Waals surface area contributed by atoms with Gasteiger partial charge in [-0.3, -0.25) is 19.7 Å². The molecule has 0 unspecified atom stereocenters. The Kier molecular flexibility index (Phi) is 5.03. The molecule has 0 radical (unpaired) electrons. The molecule has 0 aliphatic heterocycles. The fourth-order valence-electron chi connectivity index (χ4n) is 1.93. The zero-order valence-electron chi connectivity index (χ0n) is 12.3. The minimum atomic E-state index is -0.496. The van der Waals surface area contributed by atoms with Crippen LogP contribution in [0.1, 0.15) is 12.5 Å². The Morgan fingerprint density at radius 1 is 1.17 bits per heavy atom. The third kappa shape index (κ3) is 4.92. The Balaban J connectivity index is 1.99. The molecule has 0 atom stereocenters. The Morgan fingerprint density at radius 2 is 1.87 bits per heavy atom. The highest BCUT2D eigenvalue weighted by atomic mass is 16.6. The lowest BCUT2D eigenvalue weighted by molar-refractivity contribution is -0.384. The van der Waals surface area contributed by atoms with Crippen molar-refractivity contribution < 1.29 is 19.2 Å². The molecule has 1 amide bonds. The molecule has 0 bridgehead atoms. The summed E-state index contributed by atoms with van der Waals surface area (Å²) in [4.78, 5) is 33.0. The lowest BCUT2D eigenvalue weighted by Crippen LogP contribution is -2.14. The van der Waals surface area contributed by atoms with Crippen LogP contribution in [0, 0.1) is 10.1 Å². The van der Waals surface area contributed by atoms with E-state index in [9.17, 15) is 19.7 Å². The van der Waals surface area contributed by atoms with E-state index < -0.39 is 10.9 Å². The van der Waals surface area contributed by atoms with Crippen LogP contribution in [0.2, 0.25) is 0 Å². The Morgan fingerprint density at radius 3 is 2.48 bits per heavy atom. The molecule has 0 aliphatic rings. The molecule has 0 fully saturated rings. The molecule has 0 spiro atoms. The van der Waals surface area contributed by atoms with Gasteiger partial charge in [0.25, 0.3) is 5.69 Å². The van der Waals surface area contributed by atoms with Crippen LogP contribution >= 0.6 is 0 Å². The van der Waals surface area contributed by atoms with Crippen LogP contribution in [0.15, 0.2) is 48.5 Å². The van der Waals surface area contributed by atoms with Crippen LogP contribution in [0.4, 0.5) is 11.4 Å². The summed E-state index contributed by atoms with van der Waals surface area (Å²) in [5.74, 6) is -0.385. The lowest BCUT2D eigenvalue weighted by Gasteiger charge is -2.07. The van der Waals surface area contributed by atoms with Gasteiger partial charge in [0.15, 0.2) is 0 Å². The van der Waals surface area contributed by atoms with Gasteiger partial charge in [-0.15, -0.1) is 0 Å². The number of carbonyl (C=O) groups excluding carboxylic acids is 2. The van der Waals surface area contributed by atoms with Crippen molar-refractivity contribution in [1.82, 2.24) is 0 Å². The first-order chi connectivity index (χ1) is 10.9. The van der Waals surface area contributed by atoms with Gasteiger partial charge in [0.2, 0.25) is 5.91 Å². The van der Waals surface area contributed by atoms with Gasteiger partial charge < -0.3 is 10.1 Å². The van der Waals surface area contributed by atoms with Gasteiger partial charge in [-0.1, -0.05) is 18.2 Å². The van der Waals surface area contributed by atoms with Gasteiger partial charge in [0.05, 0.1) is 11.3 Å². The second-order valence-corrected chi connectivity index (χ2v) is 4.77. The molecule has 0 aromatic heterocycles. The monoisotopic (exact) mass is 314 g/mol. The van der Waals surface area contributed by atoms with Crippen molar-refractivity contribution in [3.63, 3.8) is 0 Å². The van der Waals surface area contributed by atoms with E-state index in [1.54, 1.807) is 18.2 Å². The predicted molar refractivity (Wildman–Crippen MR) is 83.2 cm³/mol. The summed E-state index contributed by atoms with van der Waals surface area (Å²) in [6, 6.07) is 12.2. The summed E-state index contributed by atoms with van der Waals surface area (Å²) in [5.41, 5.74) is 1.13. The van der Waals surface area contributed by atoms with E-state index in [2.05, 4.69) is 5.32 Å². The molecule has 2 aromatic carbocycles. The van der Waals surface area contributed by atoms with Gasteiger partial charge in [-0.05, 0) is 17.7 Å².